The van der Waals surface area contributed by atoms with E-state index in [0.717, 1.165) is 23.3 Å². The van der Waals surface area contributed by atoms with Gasteiger partial charge in [-0.1, -0.05) is 32.9 Å². The molecule has 0 saturated heterocycles. The summed E-state index contributed by atoms with van der Waals surface area (Å²) in [6.07, 6.45) is 1.53. The highest BCUT2D eigenvalue weighted by Gasteiger charge is 2.73. The van der Waals surface area contributed by atoms with Gasteiger partial charge < -0.3 is 14.8 Å². The lowest BCUT2D eigenvalue weighted by molar-refractivity contribution is -0.125. The Labute approximate surface area is 191 Å². The topological polar surface area (TPSA) is 90.4 Å². The molecule has 6 rings (SSSR count). The zero-order valence-corrected chi connectivity index (χ0v) is 19.1. The highest BCUT2D eigenvalue weighted by atomic mass is 16.7. The van der Waals surface area contributed by atoms with Crippen LogP contribution in [0.5, 0.6) is 11.5 Å². The quantitative estimate of drug-likeness (QED) is 0.598. The third kappa shape index (κ3) is 2.39. The molecule has 0 spiro atoms. The van der Waals surface area contributed by atoms with Crippen molar-refractivity contribution in [2.75, 3.05) is 12.1 Å². The number of hydrogen-bond donors (Lipinski definition) is 1. The molecule has 1 amide bonds. The Morgan fingerprint density at radius 2 is 1.61 bits per heavy atom. The summed E-state index contributed by atoms with van der Waals surface area (Å²) < 4.78 is 11.1. The average molecular weight is 444 g/mol. The number of hydrogen-bond acceptors (Lipinski definition) is 6. The molecule has 2 heterocycles. The molecule has 1 aliphatic heterocycles. The SMILES string of the molecule is CC(=O)c1cccc(NC(=O)C23CCC(C)(c4nc5cc6c(cc5nc42)OCO6)C3(C)C)c1. The minimum atomic E-state index is -0.832. The molecule has 7 nitrogen and oxygen atoms in total. The highest BCUT2D eigenvalue weighted by molar-refractivity contribution is 6.03. The van der Waals surface area contributed by atoms with Gasteiger partial charge in [-0.25, -0.2) is 9.97 Å². The van der Waals surface area contributed by atoms with Crippen LogP contribution in [-0.4, -0.2) is 28.5 Å². The minimum Gasteiger partial charge on any atom is -0.454 e. The first-order valence-corrected chi connectivity index (χ1v) is 11.2. The van der Waals surface area contributed by atoms with Gasteiger partial charge in [0.1, 0.15) is 0 Å². The van der Waals surface area contributed by atoms with Gasteiger partial charge in [0.15, 0.2) is 17.3 Å². The number of carbonyl (C=O) groups excluding carboxylic acids is 2. The Balaban J connectivity index is 1.50. The molecule has 3 aromatic rings. The molecule has 1 saturated carbocycles. The molecule has 1 N–H and O–H groups in total. The van der Waals surface area contributed by atoms with E-state index in [1.807, 2.05) is 18.2 Å². The summed E-state index contributed by atoms with van der Waals surface area (Å²) in [6, 6.07) is 10.8. The van der Waals surface area contributed by atoms with Crippen molar-refractivity contribution < 1.29 is 19.1 Å². The third-order valence-electron chi connectivity index (χ3n) is 8.45. The standard InChI is InChI=1S/C26H25N3O4/c1-14(30)15-6-5-7-16(10-15)27-23(31)26-9-8-25(4,24(26,2)3)21-22(26)29-18-12-20-19(32-13-33-20)11-17(18)28-21/h5-7,10-12H,8-9,13H2,1-4H3,(H,27,31). The molecule has 1 fully saturated rings. The van der Waals surface area contributed by atoms with Crippen molar-refractivity contribution in [2.45, 2.75) is 51.4 Å². The number of ketones is 1. The number of amides is 1. The molecule has 2 atom stereocenters. The van der Waals surface area contributed by atoms with Gasteiger partial charge >= 0.3 is 0 Å². The average Bonchev–Trinajstić information content (AvgIpc) is 3.35. The molecule has 0 radical (unpaired) electrons. The lowest BCUT2D eigenvalue weighted by Crippen LogP contribution is -2.48. The van der Waals surface area contributed by atoms with E-state index in [1.165, 1.54) is 6.92 Å². The Bertz CT molecular complexity index is 1380. The minimum absolute atomic E-state index is 0.0414. The van der Waals surface area contributed by atoms with Crippen molar-refractivity contribution in [1.29, 1.82) is 0 Å². The number of rotatable bonds is 3. The summed E-state index contributed by atoms with van der Waals surface area (Å²) in [5.41, 5.74) is 2.71. The molecular weight excluding hydrogens is 418 g/mol. The molecule has 7 heteroatoms. The third-order valence-corrected chi connectivity index (χ3v) is 8.45. The molecule has 2 aliphatic carbocycles. The van der Waals surface area contributed by atoms with Crippen molar-refractivity contribution >= 4 is 28.4 Å². The van der Waals surface area contributed by atoms with Crippen LogP contribution in [0.25, 0.3) is 11.0 Å². The van der Waals surface area contributed by atoms with E-state index in [4.69, 9.17) is 19.4 Å². The number of anilines is 1. The summed E-state index contributed by atoms with van der Waals surface area (Å²) in [4.78, 5) is 35.9. The van der Waals surface area contributed by atoms with Crippen molar-refractivity contribution in [3.05, 3.63) is 53.3 Å². The summed E-state index contributed by atoms with van der Waals surface area (Å²) in [6.45, 7) is 8.18. The van der Waals surface area contributed by atoms with E-state index in [0.29, 0.717) is 34.7 Å². The number of nitrogens with zero attached hydrogens (tertiary/aromatic N) is 2. The smallest absolute Gasteiger partial charge is 0.237 e. The summed E-state index contributed by atoms with van der Waals surface area (Å²) in [7, 11) is 0. The van der Waals surface area contributed by atoms with Crippen LogP contribution in [0.2, 0.25) is 0 Å². The van der Waals surface area contributed by atoms with Crippen molar-refractivity contribution in [1.82, 2.24) is 9.97 Å². The van der Waals surface area contributed by atoms with Crippen LogP contribution in [0.4, 0.5) is 5.69 Å². The number of aromatic nitrogens is 2. The van der Waals surface area contributed by atoms with Crippen LogP contribution in [0.1, 0.15) is 62.3 Å². The van der Waals surface area contributed by atoms with E-state index in [-0.39, 0.29) is 23.9 Å². The van der Waals surface area contributed by atoms with Gasteiger partial charge in [-0.15, -0.1) is 0 Å². The van der Waals surface area contributed by atoms with Crippen LogP contribution < -0.4 is 14.8 Å². The number of benzene rings is 2. The lowest BCUT2D eigenvalue weighted by Gasteiger charge is -2.39. The normalized spacial score (nSPS) is 25.8. The summed E-state index contributed by atoms with van der Waals surface area (Å²) in [5, 5.41) is 3.10. The molecule has 1 aromatic heterocycles. The van der Waals surface area contributed by atoms with Gasteiger partial charge in [-0.05, 0) is 37.3 Å². The first kappa shape index (κ1) is 20.1. The number of Topliss-reactive ketones (excluding diaryl/α,β-unsaturated/α-hetero) is 1. The molecule has 2 bridgehead atoms. The van der Waals surface area contributed by atoms with Gasteiger partial charge in [-0.3, -0.25) is 9.59 Å². The molecule has 3 aliphatic rings. The zero-order chi connectivity index (χ0) is 23.2. The molecule has 2 unspecified atom stereocenters. The second kappa shape index (κ2) is 6.31. The first-order chi connectivity index (χ1) is 15.7. The lowest BCUT2D eigenvalue weighted by atomic mass is 9.63. The zero-order valence-electron chi connectivity index (χ0n) is 19.1. The molecule has 2 aromatic carbocycles. The second-order valence-electron chi connectivity index (χ2n) is 10.1. The molecule has 168 valence electrons. The summed E-state index contributed by atoms with van der Waals surface area (Å²) in [5.74, 6) is 1.16. The Kier molecular flexibility index (Phi) is 3.85. The van der Waals surface area contributed by atoms with Crippen LogP contribution in [0.15, 0.2) is 36.4 Å². The van der Waals surface area contributed by atoms with Crippen molar-refractivity contribution in [3.63, 3.8) is 0 Å². The first-order valence-electron chi connectivity index (χ1n) is 11.2. The maximum absolute atomic E-state index is 14.0. The van der Waals surface area contributed by atoms with Crippen molar-refractivity contribution in [3.8, 4) is 11.5 Å². The van der Waals surface area contributed by atoms with E-state index < -0.39 is 10.8 Å². The monoisotopic (exact) mass is 443 g/mol. The Hall–Kier alpha value is -3.48. The Morgan fingerprint density at radius 1 is 0.939 bits per heavy atom. The van der Waals surface area contributed by atoms with E-state index in [2.05, 4.69) is 26.1 Å². The maximum Gasteiger partial charge on any atom is 0.237 e. The van der Waals surface area contributed by atoms with Crippen LogP contribution in [0.3, 0.4) is 0 Å². The fraction of sp³-hybridized carbons (Fsp3) is 0.385. The predicted molar refractivity (Wildman–Crippen MR) is 123 cm³/mol. The van der Waals surface area contributed by atoms with Gasteiger partial charge in [0, 0.05) is 28.8 Å². The highest BCUT2D eigenvalue weighted by Crippen LogP contribution is 2.70. The predicted octanol–water partition coefficient (Wildman–Crippen LogP) is 4.53. The van der Waals surface area contributed by atoms with Crippen molar-refractivity contribution in [2.24, 2.45) is 5.41 Å². The van der Waals surface area contributed by atoms with E-state index in [1.54, 1.807) is 18.2 Å². The van der Waals surface area contributed by atoms with E-state index >= 15 is 0 Å². The van der Waals surface area contributed by atoms with Gasteiger partial charge in [0.2, 0.25) is 12.7 Å². The van der Waals surface area contributed by atoms with Gasteiger partial charge in [0.05, 0.1) is 27.8 Å². The maximum atomic E-state index is 14.0. The number of fused-ring (bicyclic) bond motifs is 7. The van der Waals surface area contributed by atoms with Crippen LogP contribution in [-0.2, 0) is 15.6 Å². The van der Waals surface area contributed by atoms with E-state index in [9.17, 15) is 9.59 Å². The Morgan fingerprint density at radius 3 is 2.27 bits per heavy atom. The number of ether oxygens (including phenoxy) is 2. The fourth-order valence-corrected chi connectivity index (χ4v) is 6.05. The number of carbonyl (C=O) groups is 2. The molecular formula is C26H25N3O4. The largest absolute Gasteiger partial charge is 0.454 e. The fourth-order valence-electron chi connectivity index (χ4n) is 6.05. The number of nitrogens with one attached hydrogen (secondary N) is 1. The van der Waals surface area contributed by atoms with Crippen LogP contribution >= 0.6 is 0 Å². The summed E-state index contributed by atoms with van der Waals surface area (Å²) >= 11 is 0. The second-order valence-corrected chi connectivity index (χ2v) is 10.1. The molecule has 33 heavy (non-hydrogen) atoms. The van der Waals surface area contributed by atoms with Crippen LogP contribution in [0, 0.1) is 5.41 Å². The van der Waals surface area contributed by atoms with Gasteiger partial charge in [-0.2, -0.15) is 0 Å². The van der Waals surface area contributed by atoms with Gasteiger partial charge in [0.25, 0.3) is 0 Å².